The summed E-state index contributed by atoms with van der Waals surface area (Å²) < 4.78 is 5.20. The van der Waals surface area contributed by atoms with E-state index in [0.29, 0.717) is 17.1 Å². The summed E-state index contributed by atoms with van der Waals surface area (Å²) in [5.74, 6) is 0.323. The summed E-state index contributed by atoms with van der Waals surface area (Å²) in [5, 5.41) is 9.95. The van der Waals surface area contributed by atoms with E-state index < -0.39 is 5.66 Å². The largest absolute Gasteiger partial charge is 0.338 e. The van der Waals surface area contributed by atoms with Gasteiger partial charge in [-0.15, -0.1) is 0 Å². The third-order valence-corrected chi connectivity index (χ3v) is 2.48. The van der Waals surface area contributed by atoms with Gasteiger partial charge in [0.1, 0.15) is 16.9 Å². The van der Waals surface area contributed by atoms with Crippen LogP contribution >= 0.6 is 0 Å². The molecule has 0 bridgehead atoms. The van der Waals surface area contributed by atoms with Crippen LogP contribution in [0.2, 0.25) is 0 Å². The molecule has 0 atom stereocenters. The van der Waals surface area contributed by atoms with Crippen LogP contribution in [0.1, 0.15) is 50.7 Å². The molecule has 5 nitrogen and oxygen atoms in total. The molecule has 5 heteroatoms. The fraction of sp³-hybridized carbons (Fsp3) is 0.636. The number of fused-ring (bicyclic) bond motifs is 1. The van der Waals surface area contributed by atoms with Gasteiger partial charge in [-0.1, -0.05) is 25.9 Å². The first kappa shape index (κ1) is 11.0. The van der Waals surface area contributed by atoms with Crippen LogP contribution in [0.5, 0.6) is 0 Å². The number of carbonyl (C=O) groups excluding carboxylic acids is 1. The quantitative estimate of drug-likeness (QED) is 0.704. The first-order valence-corrected chi connectivity index (χ1v) is 5.31. The van der Waals surface area contributed by atoms with Gasteiger partial charge in [0.2, 0.25) is 5.88 Å². The van der Waals surface area contributed by atoms with E-state index in [4.69, 9.17) is 4.52 Å². The Morgan fingerprint density at radius 1 is 1.25 bits per heavy atom. The van der Waals surface area contributed by atoms with Crippen LogP contribution in [0, 0.1) is 0 Å². The molecule has 0 aromatic carbocycles. The highest BCUT2D eigenvalue weighted by Crippen LogP contribution is 2.33. The van der Waals surface area contributed by atoms with Crippen molar-refractivity contribution in [1.29, 1.82) is 0 Å². The molecule has 0 saturated heterocycles. The Labute approximate surface area is 94.6 Å². The molecule has 1 aliphatic rings. The first-order valence-electron chi connectivity index (χ1n) is 5.31. The van der Waals surface area contributed by atoms with Crippen molar-refractivity contribution < 1.29 is 9.32 Å². The van der Waals surface area contributed by atoms with Crippen molar-refractivity contribution in [3.05, 3.63) is 11.3 Å². The van der Waals surface area contributed by atoms with E-state index in [9.17, 15) is 4.79 Å². The third-order valence-electron chi connectivity index (χ3n) is 2.48. The summed E-state index contributed by atoms with van der Waals surface area (Å²) in [5.41, 5.74) is 0.492. The van der Waals surface area contributed by atoms with Crippen molar-refractivity contribution in [3.8, 4) is 0 Å². The Morgan fingerprint density at radius 2 is 1.88 bits per heavy atom. The number of nitrogens with one attached hydrogen (secondary N) is 2. The van der Waals surface area contributed by atoms with Gasteiger partial charge in [-0.3, -0.25) is 4.79 Å². The smallest absolute Gasteiger partial charge is 0.260 e. The number of rotatable bonds is 0. The molecule has 0 radical (unpaired) electrons. The summed E-state index contributed by atoms with van der Waals surface area (Å²) >= 11 is 0. The second-order valence-electron chi connectivity index (χ2n) is 5.69. The zero-order valence-corrected chi connectivity index (χ0v) is 10.3. The first-order chi connectivity index (χ1) is 7.21. The van der Waals surface area contributed by atoms with Gasteiger partial charge in [0, 0.05) is 5.41 Å². The van der Waals surface area contributed by atoms with Crippen LogP contribution < -0.4 is 10.6 Å². The molecule has 0 aliphatic carbocycles. The SMILES string of the molecule is CC1(C)NC(=O)c2c(C(C)(C)C)noc2N1. The molecule has 2 N–H and O–H groups in total. The van der Waals surface area contributed by atoms with E-state index in [1.54, 1.807) is 0 Å². The fourth-order valence-electron chi connectivity index (χ4n) is 1.76. The zero-order chi connectivity index (χ0) is 12.1. The maximum absolute atomic E-state index is 12.0. The van der Waals surface area contributed by atoms with Crippen molar-refractivity contribution in [3.63, 3.8) is 0 Å². The van der Waals surface area contributed by atoms with Gasteiger partial charge in [0.25, 0.3) is 5.91 Å². The van der Waals surface area contributed by atoms with E-state index in [1.165, 1.54) is 0 Å². The Kier molecular flexibility index (Phi) is 2.05. The number of hydrogen-bond acceptors (Lipinski definition) is 4. The topological polar surface area (TPSA) is 67.2 Å². The lowest BCUT2D eigenvalue weighted by Crippen LogP contribution is -2.53. The van der Waals surface area contributed by atoms with E-state index in [1.807, 2.05) is 34.6 Å². The van der Waals surface area contributed by atoms with Gasteiger partial charge < -0.3 is 15.2 Å². The lowest BCUT2D eigenvalue weighted by Gasteiger charge is -2.31. The lowest BCUT2D eigenvalue weighted by atomic mass is 9.88. The molecule has 0 fully saturated rings. The predicted molar refractivity (Wildman–Crippen MR) is 60.4 cm³/mol. The summed E-state index contributed by atoms with van der Waals surface area (Å²) in [7, 11) is 0. The van der Waals surface area contributed by atoms with Crippen LogP contribution in [-0.4, -0.2) is 16.7 Å². The van der Waals surface area contributed by atoms with Gasteiger partial charge in [-0.05, 0) is 13.8 Å². The fourth-order valence-corrected chi connectivity index (χ4v) is 1.76. The molecule has 1 aromatic heterocycles. The van der Waals surface area contributed by atoms with Crippen molar-refractivity contribution in [2.75, 3.05) is 5.32 Å². The molecule has 1 aromatic rings. The Morgan fingerprint density at radius 3 is 2.44 bits per heavy atom. The molecular formula is C11H17N3O2. The van der Waals surface area contributed by atoms with E-state index in [2.05, 4.69) is 15.8 Å². The second-order valence-corrected chi connectivity index (χ2v) is 5.69. The average molecular weight is 223 g/mol. The molecule has 16 heavy (non-hydrogen) atoms. The third kappa shape index (κ3) is 1.66. The number of anilines is 1. The van der Waals surface area contributed by atoms with Crippen molar-refractivity contribution in [2.24, 2.45) is 0 Å². The summed E-state index contributed by atoms with van der Waals surface area (Å²) in [6.07, 6.45) is 0. The van der Waals surface area contributed by atoms with Gasteiger partial charge in [0.05, 0.1) is 0 Å². The Balaban J connectivity index is 2.52. The molecular weight excluding hydrogens is 206 g/mol. The van der Waals surface area contributed by atoms with Crippen molar-refractivity contribution in [2.45, 2.75) is 45.7 Å². The lowest BCUT2D eigenvalue weighted by molar-refractivity contribution is 0.0910. The minimum atomic E-state index is -0.501. The number of carbonyl (C=O) groups is 1. The summed E-state index contributed by atoms with van der Waals surface area (Å²) in [6, 6.07) is 0. The Bertz CT molecular complexity index is 441. The van der Waals surface area contributed by atoms with Crippen LogP contribution in [-0.2, 0) is 5.41 Å². The number of nitrogens with zero attached hydrogens (tertiary/aromatic N) is 1. The second kappa shape index (κ2) is 2.99. The van der Waals surface area contributed by atoms with Crippen molar-refractivity contribution in [1.82, 2.24) is 10.5 Å². The highest BCUT2D eigenvalue weighted by molar-refractivity contribution is 6.02. The monoisotopic (exact) mass is 223 g/mol. The maximum atomic E-state index is 12.0. The van der Waals surface area contributed by atoms with E-state index in [0.717, 1.165) is 0 Å². The number of hydrogen-bond donors (Lipinski definition) is 2. The predicted octanol–water partition coefficient (Wildman–Crippen LogP) is 1.86. The molecule has 1 aliphatic heterocycles. The average Bonchev–Trinajstić information content (AvgIpc) is 2.43. The van der Waals surface area contributed by atoms with Gasteiger partial charge in [0.15, 0.2) is 0 Å². The minimum Gasteiger partial charge on any atom is -0.338 e. The summed E-state index contributed by atoms with van der Waals surface area (Å²) in [4.78, 5) is 12.0. The molecule has 88 valence electrons. The van der Waals surface area contributed by atoms with Crippen LogP contribution in [0.3, 0.4) is 0 Å². The standard InChI is InChI=1S/C11H17N3O2/c1-10(2,3)7-6-8(15)12-11(4,5)13-9(6)16-14-7/h13H,1-5H3,(H,12,15). The van der Waals surface area contributed by atoms with Crippen LogP contribution in [0.15, 0.2) is 4.52 Å². The molecule has 1 amide bonds. The van der Waals surface area contributed by atoms with Crippen LogP contribution in [0.25, 0.3) is 0 Å². The molecule has 0 unspecified atom stereocenters. The number of amides is 1. The van der Waals surface area contributed by atoms with Crippen molar-refractivity contribution >= 4 is 11.8 Å². The minimum absolute atomic E-state index is 0.134. The normalized spacial score (nSPS) is 18.7. The van der Waals surface area contributed by atoms with Gasteiger partial charge in [-0.2, -0.15) is 0 Å². The highest BCUT2D eigenvalue weighted by Gasteiger charge is 2.38. The van der Waals surface area contributed by atoms with E-state index in [-0.39, 0.29) is 11.3 Å². The van der Waals surface area contributed by atoms with Gasteiger partial charge >= 0.3 is 0 Å². The van der Waals surface area contributed by atoms with E-state index >= 15 is 0 Å². The molecule has 2 heterocycles. The molecule has 2 rings (SSSR count). The Hall–Kier alpha value is -1.52. The number of aromatic nitrogens is 1. The summed E-state index contributed by atoms with van der Waals surface area (Å²) in [6.45, 7) is 9.73. The van der Waals surface area contributed by atoms with Gasteiger partial charge in [-0.25, -0.2) is 0 Å². The maximum Gasteiger partial charge on any atom is 0.260 e. The molecule has 0 saturated carbocycles. The molecule has 0 spiro atoms. The zero-order valence-electron chi connectivity index (χ0n) is 10.3. The van der Waals surface area contributed by atoms with Crippen LogP contribution in [0.4, 0.5) is 5.88 Å². The highest BCUT2D eigenvalue weighted by atomic mass is 16.5.